The van der Waals surface area contributed by atoms with Crippen LogP contribution >= 0.6 is 0 Å². The van der Waals surface area contributed by atoms with Gasteiger partial charge in [0.2, 0.25) is 5.91 Å². The minimum atomic E-state index is -0.910. The van der Waals surface area contributed by atoms with Crippen LogP contribution in [0, 0.1) is 17.0 Å². The number of aliphatic hydroxyl groups excluding tert-OH is 1. The van der Waals surface area contributed by atoms with Crippen molar-refractivity contribution in [1.82, 2.24) is 20.4 Å². The molecule has 9 heteroatoms. The van der Waals surface area contributed by atoms with Gasteiger partial charge in [-0.25, -0.2) is 8.78 Å². The predicted octanol–water partition coefficient (Wildman–Crippen LogP) is 2.62. The molecule has 1 aromatic heterocycles. The lowest BCUT2D eigenvalue weighted by Gasteiger charge is -2.30. The number of aliphatic hydroxyl groups is 1. The molecule has 32 heavy (non-hydrogen) atoms. The summed E-state index contributed by atoms with van der Waals surface area (Å²) in [5, 5.41) is 18.9. The van der Waals surface area contributed by atoms with Crippen LogP contribution in [0.5, 0.6) is 0 Å². The molecule has 3 aromatic rings. The molecule has 1 heterocycles. The van der Waals surface area contributed by atoms with Crippen molar-refractivity contribution in [2.24, 2.45) is 5.41 Å². The van der Waals surface area contributed by atoms with E-state index in [4.69, 9.17) is 5.11 Å². The minimum Gasteiger partial charge on any atom is -0.395 e. The average molecular weight is 444 g/mol. The van der Waals surface area contributed by atoms with Crippen LogP contribution in [0.25, 0.3) is 10.9 Å². The number of benzene rings is 2. The molecule has 0 aliphatic heterocycles. The Morgan fingerprint density at radius 3 is 2.38 bits per heavy atom. The largest absolute Gasteiger partial charge is 0.395 e. The zero-order chi connectivity index (χ0) is 23.5. The third-order valence-electron chi connectivity index (χ3n) is 4.99. The maximum atomic E-state index is 14.0. The van der Waals surface area contributed by atoms with Crippen LogP contribution in [-0.2, 0) is 11.3 Å². The van der Waals surface area contributed by atoms with Gasteiger partial charge in [-0.1, -0.05) is 32.9 Å². The number of hydrogen-bond acceptors (Lipinski definition) is 4. The summed E-state index contributed by atoms with van der Waals surface area (Å²) in [5.74, 6) is -1.96. The van der Waals surface area contributed by atoms with Gasteiger partial charge < -0.3 is 15.7 Å². The summed E-state index contributed by atoms with van der Waals surface area (Å²) < 4.78 is 28.7. The first-order chi connectivity index (χ1) is 15.1. The molecule has 0 bridgehead atoms. The molecule has 0 aliphatic rings. The Morgan fingerprint density at radius 2 is 1.75 bits per heavy atom. The average Bonchev–Trinajstić information content (AvgIpc) is 3.08. The first-order valence-corrected chi connectivity index (χ1v) is 10.2. The molecule has 3 N–H and O–H groups in total. The monoisotopic (exact) mass is 444 g/mol. The number of carbonyl (C=O) groups is 2. The second kappa shape index (κ2) is 9.44. The molecule has 2 aromatic carbocycles. The number of rotatable bonds is 7. The molecule has 0 saturated heterocycles. The molecule has 7 nitrogen and oxygen atoms in total. The van der Waals surface area contributed by atoms with E-state index < -0.39 is 29.1 Å². The Bertz CT molecular complexity index is 1120. The summed E-state index contributed by atoms with van der Waals surface area (Å²) >= 11 is 0. The van der Waals surface area contributed by atoms with E-state index in [1.165, 1.54) is 35.0 Å². The van der Waals surface area contributed by atoms with Crippen LogP contribution in [-0.4, -0.2) is 45.9 Å². The fraction of sp³-hybridized carbons (Fsp3) is 0.348. The number of hydrogen-bond donors (Lipinski definition) is 3. The molecule has 170 valence electrons. The van der Waals surface area contributed by atoms with E-state index in [0.717, 1.165) is 5.56 Å². The van der Waals surface area contributed by atoms with Crippen molar-refractivity contribution < 1.29 is 23.5 Å². The third kappa shape index (κ3) is 5.28. The Kier molecular flexibility index (Phi) is 6.88. The standard InChI is InChI=1S/C23H26F2N4O3/c1-23(2,3)20(22(32)26-10-11-30)27-21(31)19-17-12-16(25)8-9-18(17)29(28-19)13-14-4-6-15(24)7-5-14/h4-9,12,20,30H,10-11,13H2,1-3H3,(H,26,32)(H,27,31)/t20-/m1/s1. The number of carbonyl (C=O) groups excluding carboxylic acids is 2. The van der Waals surface area contributed by atoms with E-state index in [9.17, 15) is 18.4 Å². The van der Waals surface area contributed by atoms with Gasteiger partial charge in [-0.3, -0.25) is 14.3 Å². The number of nitrogens with one attached hydrogen (secondary N) is 2. The van der Waals surface area contributed by atoms with Crippen LogP contribution in [0.1, 0.15) is 36.8 Å². The van der Waals surface area contributed by atoms with Crippen molar-refractivity contribution in [3.63, 3.8) is 0 Å². The molecular formula is C23H26F2N4O3. The third-order valence-corrected chi connectivity index (χ3v) is 4.99. The molecule has 0 radical (unpaired) electrons. The van der Waals surface area contributed by atoms with Gasteiger partial charge in [-0.05, 0) is 41.3 Å². The molecule has 2 amide bonds. The highest BCUT2D eigenvalue weighted by atomic mass is 19.1. The van der Waals surface area contributed by atoms with Gasteiger partial charge in [0.1, 0.15) is 17.7 Å². The van der Waals surface area contributed by atoms with E-state index in [2.05, 4.69) is 15.7 Å². The van der Waals surface area contributed by atoms with Crippen molar-refractivity contribution in [1.29, 1.82) is 0 Å². The van der Waals surface area contributed by atoms with Gasteiger partial charge in [-0.2, -0.15) is 5.10 Å². The fourth-order valence-electron chi connectivity index (χ4n) is 3.36. The van der Waals surface area contributed by atoms with Crippen molar-refractivity contribution >= 4 is 22.7 Å². The molecule has 0 saturated carbocycles. The van der Waals surface area contributed by atoms with Gasteiger partial charge in [-0.15, -0.1) is 0 Å². The maximum absolute atomic E-state index is 14.0. The lowest BCUT2D eigenvalue weighted by molar-refractivity contribution is -0.125. The lowest BCUT2D eigenvalue weighted by Crippen LogP contribution is -2.54. The quantitative estimate of drug-likeness (QED) is 0.522. The van der Waals surface area contributed by atoms with Crippen LogP contribution < -0.4 is 10.6 Å². The van der Waals surface area contributed by atoms with Crippen molar-refractivity contribution in [2.45, 2.75) is 33.4 Å². The molecule has 0 unspecified atom stereocenters. The van der Waals surface area contributed by atoms with Gasteiger partial charge >= 0.3 is 0 Å². The highest BCUT2D eigenvalue weighted by Gasteiger charge is 2.34. The van der Waals surface area contributed by atoms with Crippen molar-refractivity contribution in [3.8, 4) is 0 Å². The molecule has 0 fully saturated rings. The molecule has 1 atom stereocenters. The van der Waals surface area contributed by atoms with Crippen molar-refractivity contribution in [3.05, 3.63) is 65.4 Å². The van der Waals surface area contributed by atoms with Crippen LogP contribution in [0.4, 0.5) is 8.78 Å². The van der Waals surface area contributed by atoms with E-state index in [-0.39, 0.29) is 31.2 Å². The summed E-state index contributed by atoms with van der Waals surface area (Å²) in [6.07, 6.45) is 0. The van der Waals surface area contributed by atoms with E-state index >= 15 is 0 Å². The first kappa shape index (κ1) is 23.3. The normalized spacial score (nSPS) is 12.6. The SMILES string of the molecule is CC(C)(C)[C@H](NC(=O)c1nn(Cc2ccc(F)cc2)c2ccc(F)cc12)C(=O)NCCO. The maximum Gasteiger partial charge on any atom is 0.273 e. The molecular weight excluding hydrogens is 418 g/mol. The fourth-order valence-corrected chi connectivity index (χ4v) is 3.36. The summed E-state index contributed by atoms with van der Waals surface area (Å²) in [5.41, 5.74) is 0.624. The smallest absolute Gasteiger partial charge is 0.273 e. The Balaban J connectivity index is 1.96. The summed E-state index contributed by atoms with van der Waals surface area (Å²) in [6, 6.07) is 8.96. The predicted molar refractivity (Wildman–Crippen MR) is 116 cm³/mol. The second-order valence-corrected chi connectivity index (χ2v) is 8.58. The number of amides is 2. The van der Waals surface area contributed by atoms with E-state index in [1.54, 1.807) is 32.9 Å². The zero-order valence-corrected chi connectivity index (χ0v) is 18.2. The van der Waals surface area contributed by atoms with Gasteiger partial charge in [0, 0.05) is 11.9 Å². The van der Waals surface area contributed by atoms with Gasteiger partial charge in [0.25, 0.3) is 5.91 Å². The lowest BCUT2D eigenvalue weighted by atomic mass is 9.86. The first-order valence-electron chi connectivity index (χ1n) is 10.2. The summed E-state index contributed by atoms with van der Waals surface area (Å²) in [4.78, 5) is 25.7. The topological polar surface area (TPSA) is 96.2 Å². The number of fused-ring (bicyclic) bond motifs is 1. The highest BCUT2D eigenvalue weighted by molar-refractivity contribution is 6.06. The van der Waals surface area contributed by atoms with Crippen molar-refractivity contribution in [2.75, 3.05) is 13.2 Å². The summed E-state index contributed by atoms with van der Waals surface area (Å²) in [7, 11) is 0. The Morgan fingerprint density at radius 1 is 1.09 bits per heavy atom. The Hall–Kier alpha value is -3.33. The van der Waals surface area contributed by atoms with Crippen LogP contribution in [0.3, 0.4) is 0 Å². The molecule has 3 rings (SSSR count). The number of nitrogens with zero attached hydrogens (tertiary/aromatic N) is 2. The number of aromatic nitrogens is 2. The van der Waals surface area contributed by atoms with Gasteiger partial charge in [0.05, 0.1) is 18.7 Å². The van der Waals surface area contributed by atoms with E-state index in [1.807, 2.05) is 0 Å². The number of halogens is 2. The molecule has 0 spiro atoms. The summed E-state index contributed by atoms with van der Waals surface area (Å²) in [6.45, 7) is 5.45. The zero-order valence-electron chi connectivity index (χ0n) is 18.2. The van der Waals surface area contributed by atoms with E-state index in [0.29, 0.717) is 10.9 Å². The molecule has 0 aliphatic carbocycles. The Labute approximate surface area is 184 Å². The van der Waals surface area contributed by atoms with Crippen LogP contribution in [0.2, 0.25) is 0 Å². The second-order valence-electron chi connectivity index (χ2n) is 8.58. The minimum absolute atomic E-state index is 0.0224. The highest BCUT2D eigenvalue weighted by Crippen LogP contribution is 2.24. The van der Waals surface area contributed by atoms with Gasteiger partial charge in [0.15, 0.2) is 5.69 Å². The van der Waals surface area contributed by atoms with Crippen LogP contribution in [0.15, 0.2) is 42.5 Å².